The first-order valence-corrected chi connectivity index (χ1v) is 5.69. The third-order valence-corrected chi connectivity index (χ3v) is 3.22. The van der Waals surface area contributed by atoms with E-state index >= 15 is 0 Å². The lowest BCUT2D eigenvalue weighted by molar-refractivity contribution is 0.0955. The highest BCUT2D eigenvalue weighted by molar-refractivity contribution is 6.02. The van der Waals surface area contributed by atoms with E-state index in [-0.39, 0.29) is 11.8 Å². The van der Waals surface area contributed by atoms with Crippen molar-refractivity contribution in [1.82, 2.24) is 14.9 Å². The van der Waals surface area contributed by atoms with E-state index in [9.17, 15) is 4.79 Å². The number of benzene rings is 1. The minimum atomic E-state index is -0.169. The van der Waals surface area contributed by atoms with Crippen molar-refractivity contribution >= 4 is 16.8 Å². The molecule has 0 aliphatic rings. The van der Waals surface area contributed by atoms with Crippen molar-refractivity contribution in [2.24, 2.45) is 7.05 Å². The first-order valence-electron chi connectivity index (χ1n) is 5.69. The van der Waals surface area contributed by atoms with Gasteiger partial charge in [-0.25, -0.2) is 4.98 Å². The summed E-state index contributed by atoms with van der Waals surface area (Å²) in [6, 6.07) is 5.50. The van der Waals surface area contributed by atoms with Gasteiger partial charge in [-0.05, 0) is 39.1 Å². The third kappa shape index (κ3) is 1.96. The molecule has 4 heteroatoms. The van der Waals surface area contributed by atoms with Gasteiger partial charge in [0, 0.05) is 12.6 Å². The van der Waals surface area contributed by atoms with Gasteiger partial charge >= 0.3 is 0 Å². The van der Waals surface area contributed by atoms with Crippen LogP contribution in [0.1, 0.15) is 23.1 Å². The summed E-state index contributed by atoms with van der Waals surface area (Å²) in [5, 5.41) is 2.95. The zero-order valence-corrected chi connectivity index (χ0v) is 10.6. The molecule has 4 nitrogen and oxygen atoms in total. The lowest BCUT2D eigenvalue weighted by Gasteiger charge is -2.08. The maximum atomic E-state index is 12.0. The molecular formula is C13H17N3O. The van der Waals surface area contributed by atoms with Crippen LogP contribution in [0, 0.1) is 6.92 Å². The summed E-state index contributed by atoms with van der Waals surface area (Å²) in [5.74, 6) is 1.05. The van der Waals surface area contributed by atoms with Gasteiger partial charge < -0.3 is 9.88 Å². The number of ketones is 1. The summed E-state index contributed by atoms with van der Waals surface area (Å²) in [6.45, 7) is 3.81. The number of carbonyl (C=O) groups excluding carboxylic acids is 1. The van der Waals surface area contributed by atoms with Gasteiger partial charge in [-0.15, -0.1) is 0 Å². The summed E-state index contributed by atoms with van der Waals surface area (Å²) in [7, 11) is 3.76. The molecule has 0 amide bonds. The molecule has 1 heterocycles. The smallest absolute Gasteiger partial charge is 0.179 e. The minimum Gasteiger partial charge on any atom is -0.331 e. The summed E-state index contributed by atoms with van der Waals surface area (Å²) >= 11 is 0. The fourth-order valence-electron chi connectivity index (χ4n) is 1.85. The summed E-state index contributed by atoms with van der Waals surface area (Å²) in [5.41, 5.74) is 2.63. The van der Waals surface area contributed by atoms with Gasteiger partial charge in [0.15, 0.2) is 5.78 Å². The van der Waals surface area contributed by atoms with E-state index < -0.39 is 0 Å². The van der Waals surface area contributed by atoms with E-state index in [4.69, 9.17) is 0 Å². The Bertz CT molecular complexity index is 571. The Balaban J connectivity index is 2.48. The molecule has 1 aromatic heterocycles. The molecule has 1 aromatic carbocycles. The molecule has 1 unspecified atom stereocenters. The first-order chi connectivity index (χ1) is 8.04. The number of hydrogen-bond donors (Lipinski definition) is 1. The van der Waals surface area contributed by atoms with Gasteiger partial charge in [-0.2, -0.15) is 0 Å². The lowest BCUT2D eigenvalue weighted by Crippen LogP contribution is -2.30. The van der Waals surface area contributed by atoms with Crippen LogP contribution < -0.4 is 5.32 Å². The van der Waals surface area contributed by atoms with E-state index in [1.54, 1.807) is 7.05 Å². The highest BCUT2D eigenvalue weighted by Crippen LogP contribution is 2.17. The SMILES string of the molecule is CNC(C)C(=O)c1ccc2c(c1)nc(C)n2C. The maximum Gasteiger partial charge on any atom is 0.179 e. The van der Waals surface area contributed by atoms with Crippen molar-refractivity contribution in [1.29, 1.82) is 0 Å². The van der Waals surface area contributed by atoms with Gasteiger partial charge in [0.25, 0.3) is 0 Å². The van der Waals surface area contributed by atoms with Crippen LogP contribution in [0.15, 0.2) is 18.2 Å². The molecule has 0 bridgehead atoms. The van der Waals surface area contributed by atoms with E-state index in [2.05, 4.69) is 10.3 Å². The molecule has 0 saturated carbocycles. The molecule has 0 aliphatic heterocycles. The topological polar surface area (TPSA) is 46.9 Å². The van der Waals surface area contributed by atoms with E-state index in [1.165, 1.54) is 0 Å². The summed E-state index contributed by atoms with van der Waals surface area (Å²) in [6.07, 6.45) is 0. The molecule has 0 spiro atoms. The number of aromatic nitrogens is 2. The molecule has 0 saturated heterocycles. The molecule has 1 N–H and O–H groups in total. The van der Waals surface area contributed by atoms with Crippen molar-refractivity contribution in [2.45, 2.75) is 19.9 Å². The van der Waals surface area contributed by atoms with Gasteiger partial charge in [-0.1, -0.05) is 0 Å². The lowest BCUT2D eigenvalue weighted by atomic mass is 10.1. The van der Waals surface area contributed by atoms with Crippen LogP contribution in [-0.4, -0.2) is 28.4 Å². The average molecular weight is 231 g/mol. The third-order valence-electron chi connectivity index (χ3n) is 3.22. The van der Waals surface area contributed by atoms with Crippen LogP contribution in [-0.2, 0) is 7.05 Å². The van der Waals surface area contributed by atoms with Crippen molar-refractivity contribution in [3.63, 3.8) is 0 Å². The quantitative estimate of drug-likeness (QED) is 0.817. The molecule has 2 rings (SSSR count). The van der Waals surface area contributed by atoms with Crippen LogP contribution in [0.3, 0.4) is 0 Å². The predicted molar refractivity (Wildman–Crippen MR) is 68.3 cm³/mol. The second-order valence-electron chi connectivity index (χ2n) is 4.30. The number of nitrogens with zero attached hydrogens (tertiary/aromatic N) is 2. The molecular weight excluding hydrogens is 214 g/mol. The molecule has 17 heavy (non-hydrogen) atoms. The number of Topliss-reactive ketones (excluding diaryl/α,β-unsaturated/α-hetero) is 1. The van der Waals surface area contributed by atoms with E-state index in [0.29, 0.717) is 5.56 Å². The van der Waals surface area contributed by atoms with Crippen LogP contribution in [0.2, 0.25) is 0 Å². The molecule has 2 aromatic rings. The standard InChI is InChI=1S/C13H17N3O/c1-8(14-3)13(17)10-5-6-12-11(7-10)15-9(2)16(12)4/h5-8,14H,1-4H3. The highest BCUT2D eigenvalue weighted by Gasteiger charge is 2.14. The molecule has 0 aliphatic carbocycles. The van der Waals surface area contributed by atoms with Gasteiger partial charge in [0.05, 0.1) is 17.1 Å². The van der Waals surface area contributed by atoms with E-state index in [0.717, 1.165) is 16.9 Å². The summed E-state index contributed by atoms with van der Waals surface area (Å²) < 4.78 is 2.02. The molecule has 90 valence electrons. The van der Waals surface area contributed by atoms with Gasteiger partial charge in [-0.3, -0.25) is 4.79 Å². The van der Waals surface area contributed by atoms with Crippen molar-refractivity contribution in [3.05, 3.63) is 29.6 Å². The number of likely N-dealkylation sites (N-methyl/N-ethyl adjacent to an activating group) is 1. The second kappa shape index (κ2) is 4.30. The highest BCUT2D eigenvalue weighted by atomic mass is 16.1. The Morgan fingerprint density at radius 2 is 2.18 bits per heavy atom. The number of imidazole rings is 1. The Labute approximate surface area is 101 Å². The summed E-state index contributed by atoms with van der Waals surface area (Å²) in [4.78, 5) is 16.4. The number of fused-ring (bicyclic) bond motifs is 1. The zero-order valence-electron chi connectivity index (χ0n) is 10.6. The van der Waals surface area contributed by atoms with Gasteiger partial charge in [0.1, 0.15) is 5.82 Å². The van der Waals surface area contributed by atoms with Gasteiger partial charge in [0.2, 0.25) is 0 Å². The molecule has 1 atom stereocenters. The Kier molecular flexibility index (Phi) is 2.98. The van der Waals surface area contributed by atoms with Crippen LogP contribution in [0.5, 0.6) is 0 Å². The minimum absolute atomic E-state index is 0.0951. The van der Waals surface area contributed by atoms with Crippen LogP contribution in [0.25, 0.3) is 11.0 Å². The van der Waals surface area contributed by atoms with Crippen LogP contribution >= 0.6 is 0 Å². The Morgan fingerprint density at radius 1 is 1.47 bits per heavy atom. The number of nitrogens with one attached hydrogen (secondary N) is 1. The Hall–Kier alpha value is -1.68. The number of hydrogen-bond acceptors (Lipinski definition) is 3. The van der Waals surface area contributed by atoms with Crippen molar-refractivity contribution in [3.8, 4) is 0 Å². The van der Waals surface area contributed by atoms with Crippen molar-refractivity contribution in [2.75, 3.05) is 7.05 Å². The van der Waals surface area contributed by atoms with Crippen LogP contribution in [0.4, 0.5) is 0 Å². The fraction of sp³-hybridized carbons (Fsp3) is 0.385. The normalized spacial score (nSPS) is 12.9. The largest absolute Gasteiger partial charge is 0.331 e. The zero-order chi connectivity index (χ0) is 12.6. The molecule has 0 radical (unpaired) electrons. The predicted octanol–water partition coefficient (Wildman–Crippen LogP) is 1.67. The number of aryl methyl sites for hydroxylation is 2. The van der Waals surface area contributed by atoms with E-state index in [1.807, 2.05) is 43.7 Å². The monoisotopic (exact) mass is 231 g/mol. The number of rotatable bonds is 3. The fourth-order valence-corrected chi connectivity index (χ4v) is 1.85. The van der Waals surface area contributed by atoms with Crippen molar-refractivity contribution < 1.29 is 4.79 Å². The second-order valence-corrected chi connectivity index (χ2v) is 4.30. The Morgan fingerprint density at radius 3 is 2.82 bits per heavy atom. The maximum absolute atomic E-state index is 12.0. The molecule has 0 fully saturated rings. The first kappa shape index (κ1) is 11.8. The average Bonchev–Trinajstić information content (AvgIpc) is 2.62. The number of carbonyl (C=O) groups is 1.